The van der Waals surface area contributed by atoms with Gasteiger partial charge in [-0.1, -0.05) is 18.8 Å². The number of hydrogen-bond donors (Lipinski definition) is 2. The molecular formula is C15H19NO3S. The van der Waals surface area contributed by atoms with Crippen molar-refractivity contribution in [1.29, 1.82) is 0 Å². The molecule has 1 aromatic rings. The Hall–Kier alpha value is -1.35. The second-order valence-corrected chi connectivity index (χ2v) is 5.65. The van der Waals surface area contributed by atoms with E-state index in [1.807, 2.05) is 18.4 Å². The summed E-state index contributed by atoms with van der Waals surface area (Å²) in [5, 5.41) is 13.6. The molecule has 108 valence electrons. The van der Waals surface area contributed by atoms with Gasteiger partial charge in [0.2, 0.25) is 5.91 Å². The van der Waals surface area contributed by atoms with E-state index >= 15 is 0 Å². The first kappa shape index (κ1) is 15.0. The van der Waals surface area contributed by atoms with E-state index in [2.05, 4.69) is 17.2 Å². The Morgan fingerprint density at radius 3 is 3.25 bits per heavy atom. The van der Waals surface area contributed by atoms with Crippen LogP contribution < -0.4 is 5.32 Å². The molecule has 1 aliphatic rings. The maximum Gasteiger partial charge on any atom is 0.226 e. The van der Waals surface area contributed by atoms with Crippen LogP contribution in [0, 0.1) is 17.8 Å². The summed E-state index contributed by atoms with van der Waals surface area (Å²) in [6.07, 6.45) is 1.71. The Labute approximate surface area is 123 Å². The van der Waals surface area contributed by atoms with Gasteiger partial charge in [0, 0.05) is 17.0 Å². The third-order valence-corrected chi connectivity index (χ3v) is 4.34. The minimum atomic E-state index is -0.154. The van der Waals surface area contributed by atoms with Crippen LogP contribution in [-0.2, 0) is 16.1 Å². The average molecular weight is 293 g/mol. The van der Waals surface area contributed by atoms with Gasteiger partial charge in [0.15, 0.2) is 0 Å². The summed E-state index contributed by atoms with van der Waals surface area (Å²) in [4.78, 5) is 13.2. The summed E-state index contributed by atoms with van der Waals surface area (Å²) in [5.41, 5.74) is 0.874. The summed E-state index contributed by atoms with van der Waals surface area (Å²) in [6, 6.07) is 1.91. The Morgan fingerprint density at radius 1 is 1.65 bits per heavy atom. The lowest BCUT2D eigenvalue weighted by Crippen LogP contribution is -2.34. The maximum absolute atomic E-state index is 12.2. The van der Waals surface area contributed by atoms with Gasteiger partial charge in [-0.15, -0.1) is 11.3 Å². The molecule has 0 saturated carbocycles. The number of carbonyl (C=O) groups is 1. The SMILES string of the molecule is CCC1OCCC1C(=O)NCc1sccc1C#CCO. The van der Waals surface area contributed by atoms with Crippen LogP contribution in [0.2, 0.25) is 0 Å². The Balaban J connectivity index is 1.92. The zero-order valence-corrected chi connectivity index (χ0v) is 12.3. The van der Waals surface area contributed by atoms with E-state index in [1.54, 1.807) is 11.3 Å². The second kappa shape index (κ2) is 7.44. The van der Waals surface area contributed by atoms with Crippen molar-refractivity contribution in [3.05, 3.63) is 21.9 Å². The standard InChI is InChI=1S/C15H19NO3S/c1-2-13-12(5-8-19-13)15(18)16-10-14-11(4-3-7-17)6-9-20-14/h6,9,12-13,17H,2,5,7-8,10H2,1H3,(H,16,18). The zero-order valence-electron chi connectivity index (χ0n) is 11.5. The van der Waals surface area contributed by atoms with Gasteiger partial charge in [-0.25, -0.2) is 0 Å². The molecule has 2 N–H and O–H groups in total. The first-order valence-electron chi connectivity index (χ1n) is 6.81. The third kappa shape index (κ3) is 3.60. The topological polar surface area (TPSA) is 58.6 Å². The fourth-order valence-corrected chi connectivity index (χ4v) is 3.14. The van der Waals surface area contributed by atoms with Crippen molar-refractivity contribution in [2.24, 2.45) is 5.92 Å². The second-order valence-electron chi connectivity index (χ2n) is 4.65. The highest BCUT2D eigenvalue weighted by Crippen LogP contribution is 2.24. The van der Waals surface area contributed by atoms with Crippen LogP contribution in [0.1, 0.15) is 30.2 Å². The lowest BCUT2D eigenvalue weighted by Gasteiger charge is -2.16. The lowest BCUT2D eigenvalue weighted by molar-refractivity contribution is -0.126. The number of aliphatic hydroxyl groups is 1. The lowest BCUT2D eigenvalue weighted by atomic mass is 9.99. The van der Waals surface area contributed by atoms with Crippen LogP contribution in [-0.4, -0.2) is 30.3 Å². The Morgan fingerprint density at radius 2 is 2.50 bits per heavy atom. The van der Waals surface area contributed by atoms with Gasteiger partial charge in [-0.2, -0.15) is 0 Å². The van der Waals surface area contributed by atoms with Gasteiger partial charge in [-0.05, 0) is 24.3 Å². The number of thiophene rings is 1. The summed E-state index contributed by atoms with van der Waals surface area (Å²) in [7, 11) is 0. The minimum absolute atomic E-state index is 0.0352. The highest BCUT2D eigenvalue weighted by molar-refractivity contribution is 7.10. The minimum Gasteiger partial charge on any atom is -0.384 e. The summed E-state index contributed by atoms with van der Waals surface area (Å²) in [5.74, 6) is 5.54. The molecule has 1 fully saturated rings. The highest BCUT2D eigenvalue weighted by Gasteiger charge is 2.32. The average Bonchev–Trinajstić information content (AvgIpc) is 3.10. The molecule has 1 amide bonds. The number of amides is 1. The third-order valence-electron chi connectivity index (χ3n) is 3.42. The van der Waals surface area contributed by atoms with E-state index < -0.39 is 0 Å². The van der Waals surface area contributed by atoms with Crippen LogP contribution in [0.5, 0.6) is 0 Å². The van der Waals surface area contributed by atoms with E-state index in [0.717, 1.165) is 23.3 Å². The smallest absolute Gasteiger partial charge is 0.226 e. The Bertz CT molecular complexity index is 515. The van der Waals surface area contributed by atoms with Crippen LogP contribution in [0.25, 0.3) is 0 Å². The quantitative estimate of drug-likeness (QED) is 0.828. The molecule has 2 unspecified atom stereocenters. The number of rotatable bonds is 4. The molecule has 0 aromatic carbocycles. The molecule has 2 rings (SSSR count). The molecule has 4 nitrogen and oxygen atoms in total. The van der Waals surface area contributed by atoms with Crippen molar-refractivity contribution < 1.29 is 14.6 Å². The van der Waals surface area contributed by atoms with Gasteiger partial charge in [0.1, 0.15) is 6.61 Å². The van der Waals surface area contributed by atoms with Crippen molar-refractivity contribution in [2.75, 3.05) is 13.2 Å². The van der Waals surface area contributed by atoms with E-state index in [4.69, 9.17) is 9.84 Å². The number of carbonyl (C=O) groups excluding carboxylic acids is 1. The molecule has 1 aromatic heterocycles. The molecular weight excluding hydrogens is 274 g/mol. The molecule has 20 heavy (non-hydrogen) atoms. The number of nitrogens with one attached hydrogen (secondary N) is 1. The molecule has 2 atom stereocenters. The van der Waals surface area contributed by atoms with Crippen molar-refractivity contribution in [2.45, 2.75) is 32.4 Å². The van der Waals surface area contributed by atoms with E-state index in [-0.39, 0.29) is 24.5 Å². The maximum atomic E-state index is 12.2. The molecule has 0 aliphatic carbocycles. The van der Waals surface area contributed by atoms with E-state index in [1.165, 1.54) is 0 Å². The van der Waals surface area contributed by atoms with Crippen LogP contribution in [0.3, 0.4) is 0 Å². The van der Waals surface area contributed by atoms with E-state index in [0.29, 0.717) is 13.2 Å². The molecule has 5 heteroatoms. The predicted molar refractivity (Wildman–Crippen MR) is 78.3 cm³/mol. The largest absolute Gasteiger partial charge is 0.384 e. The normalized spacial score (nSPS) is 21.3. The fourth-order valence-electron chi connectivity index (χ4n) is 2.37. The Kier molecular flexibility index (Phi) is 5.60. The molecule has 1 saturated heterocycles. The van der Waals surface area contributed by atoms with Crippen molar-refractivity contribution in [3.63, 3.8) is 0 Å². The number of aliphatic hydroxyl groups excluding tert-OH is 1. The van der Waals surface area contributed by atoms with Crippen molar-refractivity contribution in [1.82, 2.24) is 5.32 Å². The molecule has 0 spiro atoms. The molecule has 1 aliphatic heterocycles. The summed E-state index contributed by atoms with van der Waals surface area (Å²) >= 11 is 1.56. The number of ether oxygens (including phenoxy) is 1. The summed E-state index contributed by atoms with van der Waals surface area (Å²) in [6.45, 7) is 3.04. The van der Waals surface area contributed by atoms with Crippen LogP contribution in [0.15, 0.2) is 11.4 Å². The van der Waals surface area contributed by atoms with Gasteiger partial charge in [0.25, 0.3) is 0 Å². The predicted octanol–water partition coefficient (Wildman–Crippen LogP) is 1.52. The van der Waals surface area contributed by atoms with Gasteiger partial charge in [0.05, 0.1) is 18.6 Å². The number of hydrogen-bond acceptors (Lipinski definition) is 4. The van der Waals surface area contributed by atoms with Crippen LogP contribution in [0.4, 0.5) is 0 Å². The summed E-state index contributed by atoms with van der Waals surface area (Å²) < 4.78 is 5.54. The first-order valence-corrected chi connectivity index (χ1v) is 7.69. The fraction of sp³-hybridized carbons (Fsp3) is 0.533. The molecule has 0 radical (unpaired) electrons. The zero-order chi connectivity index (χ0) is 14.4. The van der Waals surface area contributed by atoms with Crippen LogP contribution >= 0.6 is 11.3 Å². The van der Waals surface area contributed by atoms with Crippen molar-refractivity contribution >= 4 is 17.2 Å². The highest BCUT2D eigenvalue weighted by atomic mass is 32.1. The van der Waals surface area contributed by atoms with Gasteiger partial charge < -0.3 is 15.2 Å². The van der Waals surface area contributed by atoms with Gasteiger partial charge >= 0.3 is 0 Å². The van der Waals surface area contributed by atoms with Gasteiger partial charge in [-0.3, -0.25) is 4.79 Å². The first-order chi connectivity index (χ1) is 9.76. The molecule has 0 bridgehead atoms. The van der Waals surface area contributed by atoms with E-state index in [9.17, 15) is 4.79 Å². The molecule has 2 heterocycles. The monoisotopic (exact) mass is 293 g/mol. The van der Waals surface area contributed by atoms with Crippen molar-refractivity contribution in [3.8, 4) is 11.8 Å².